The van der Waals surface area contributed by atoms with Gasteiger partial charge in [0.1, 0.15) is 11.5 Å². The molecule has 0 spiro atoms. The summed E-state index contributed by atoms with van der Waals surface area (Å²) in [4.78, 5) is 15.1. The van der Waals surface area contributed by atoms with Gasteiger partial charge in [-0.3, -0.25) is 4.98 Å². The quantitative estimate of drug-likeness (QED) is 0.397. The van der Waals surface area contributed by atoms with Crippen LogP contribution < -0.4 is 9.47 Å². The molecule has 3 aromatic rings. The van der Waals surface area contributed by atoms with Crippen molar-refractivity contribution in [2.75, 3.05) is 19.8 Å². The first-order valence-electron chi connectivity index (χ1n) is 10.4. The van der Waals surface area contributed by atoms with E-state index >= 15 is 0 Å². The van der Waals surface area contributed by atoms with E-state index in [-0.39, 0.29) is 18.5 Å². The second kappa shape index (κ2) is 11.0. The van der Waals surface area contributed by atoms with E-state index in [1.54, 1.807) is 37.3 Å². The van der Waals surface area contributed by atoms with Crippen molar-refractivity contribution in [3.05, 3.63) is 65.9 Å². The zero-order chi connectivity index (χ0) is 23.8. The average molecular weight is 463 g/mol. The van der Waals surface area contributed by atoms with Gasteiger partial charge in [-0.05, 0) is 42.8 Å². The molecule has 0 saturated carbocycles. The van der Waals surface area contributed by atoms with Gasteiger partial charge in [0.25, 0.3) is 0 Å². The molecule has 1 aromatic heterocycles. The zero-order valence-corrected chi connectivity index (χ0v) is 18.0. The van der Waals surface area contributed by atoms with Gasteiger partial charge in [-0.25, -0.2) is 4.79 Å². The van der Waals surface area contributed by atoms with Crippen LogP contribution >= 0.6 is 0 Å². The lowest BCUT2D eigenvalue weighted by atomic mass is 10.1. The van der Waals surface area contributed by atoms with E-state index in [2.05, 4.69) is 4.98 Å². The van der Waals surface area contributed by atoms with Crippen molar-refractivity contribution in [1.82, 2.24) is 4.98 Å². The van der Waals surface area contributed by atoms with Crippen molar-refractivity contribution in [2.45, 2.75) is 32.0 Å². The molecule has 0 fully saturated rings. The number of rotatable bonds is 11. The predicted octanol–water partition coefficient (Wildman–Crippen LogP) is 5.13. The van der Waals surface area contributed by atoms with E-state index in [0.717, 1.165) is 11.6 Å². The van der Waals surface area contributed by atoms with Crippen molar-refractivity contribution >= 4 is 16.9 Å². The van der Waals surface area contributed by atoms with Crippen LogP contribution in [0.2, 0.25) is 0 Å². The number of pyridine rings is 1. The Bertz CT molecular complexity index is 1070. The lowest BCUT2D eigenvalue weighted by molar-refractivity contribution is -0.150. The molecule has 0 radical (unpaired) electrons. The number of aromatic nitrogens is 1. The highest BCUT2D eigenvalue weighted by molar-refractivity contribution is 5.87. The molecular weight excluding hydrogens is 439 g/mol. The number of para-hydroxylation sites is 1. The summed E-state index contributed by atoms with van der Waals surface area (Å²) in [7, 11) is 0. The van der Waals surface area contributed by atoms with Crippen LogP contribution in [0.5, 0.6) is 11.5 Å². The Kier molecular flexibility index (Phi) is 8.11. The number of fused-ring (bicyclic) bond motifs is 1. The summed E-state index contributed by atoms with van der Waals surface area (Å²) in [6, 6.07) is 12.5. The van der Waals surface area contributed by atoms with Gasteiger partial charge in [0.15, 0.2) is 6.10 Å². The molecule has 1 unspecified atom stereocenters. The Morgan fingerprint density at radius 1 is 1.06 bits per heavy atom. The molecule has 0 saturated heterocycles. The van der Waals surface area contributed by atoms with Gasteiger partial charge in [0.05, 0.1) is 24.3 Å². The molecule has 1 heterocycles. The predicted molar refractivity (Wildman–Crippen MR) is 116 cm³/mol. The molecule has 176 valence electrons. The van der Waals surface area contributed by atoms with E-state index in [1.807, 2.05) is 0 Å². The minimum Gasteiger partial charge on any atom is -0.493 e. The summed E-state index contributed by atoms with van der Waals surface area (Å²) in [5.41, 5.74) is -0.129. The minimum absolute atomic E-state index is 0.145. The summed E-state index contributed by atoms with van der Waals surface area (Å²) < 4.78 is 56.1. The number of hydrogen-bond donors (Lipinski definition) is 1. The number of halogens is 3. The van der Waals surface area contributed by atoms with Gasteiger partial charge in [-0.2, -0.15) is 13.2 Å². The first kappa shape index (κ1) is 24.3. The summed E-state index contributed by atoms with van der Waals surface area (Å²) in [5.74, 6) is -0.0577. The monoisotopic (exact) mass is 463 g/mol. The maximum atomic E-state index is 13.2. The number of carboxylic acids is 1. The molecule has 33 heavy (non-hydrogen) atoms. The summed E-state index contributed by atoms with van der Waals surface area (Å²) in [6.07, 6.45) is -3.32. The number of ether oxygens (including phenoxy) is 3. The number of alkyl halides is 3. The fourth-order valence-corrected chi connectivity index (χ4v) is 3.29. The Balaban J connectivity index is 1.50. The molecule has 0 aliphatic carbocycles. The largest absolute Gasteiger partial charge is 0.493 e. The summed E-state index contributed by atoms with van der Waals surface area (Å²) in [5, 5.41) is 9.46. The maximum absolute atomic E-state index is 13.2. The molecule has 3 rings (SSSR count). The third kappa shape index (κ3) is 6.58. The van der Waals surface area contributed by atoms with Gasteiger partial charge in [0, 0.05) is 31.0 Å². The molecular formula is C24H24F3NO5. The fourth-order valence-electron chi connectivity index (χ4n) is 3.29. The van der Waals surface area contributed by atoms with Crippen LogP contribution in [0.4, 0.5) is 13.2 Å². The Morgan fingerprint density at radius 2 is 1.79 bits per heavy atom. The first-order chi connectivity index (χ1) is 15.8. The zero-order valence-electron chi connectivity index (χ0n) is 18.0. The van der Waals surface area contributed by atoms with E-state index < -0.39 is 23.8 Å². The van der Waals surface area contributed by atoms with Crippen LogP contribution in [-0.2, 0) is 22.1 Å². The standard InChI is InChI=1S/C24H24F3NO5/c1-2-31-21(23(29)30)15-16-7-9-17(10-8-16)32-13-4-14-33-20-11-12-28-22-18(20)5-3-6-19(22)24(25,26)27/h3,5-12,21H,2,4,13-15H2,1H3,(H,29,30). The van der Waals surface area contributed by atoms with Crippen LogP contribution in [-0.4, -0.2) is 42.0 Å². The van der Waals surface area contributed by atoms with Crippen molar-refractivity contribution in [1.29, 1.82) is 0 Å². The van der Waals surface area contributed by atoms with Gasteiger partial charge in [-0.1, -0.05) is 18.2 Å². The van der Waals surface area contributed by atoms with E-state index in [0.29, 0.717) is 36.5 Å². The maximum Gasteiger partial charge on any atom is 0.418 e. The molecule has 0 amide bonds. The first-order valence-corrected chi connectivity index (χ1v) is 10.4. The number of carbonyl (C=O) groups is 1. The van der Waals surface area contributed by atoms with Crippen molar-refractivity contribution in [2.24, 2.45) is 0 Å². The highest BCUT2D eigenvalue weighted by atomic mass is 19.4. The van der Waals surface area contributed by atoms with Gasteiger partial charge < -0.3 is 19.3 Å². The highest BCUT2D eigenvalue weighted by Crippen LogP contribution is 2.36. The van der Waals surface area contributed by atoms with Gasteiger partial charge in [-0.15, -0.1) is 0 Å². The number of hydrogen-bond acceptors (Lipinski definition) is 5. The Hall–Kier alpha value is -3.33. The van der Waals surface area contributed by atoms with E-state index in [1.165, 1.54) is 18.3 Å². The SMILES string of the molecule is CCOC(Cc1ccc(OCCCOc2ccnc3c(C(F)(F)F)cccc23)cc1)C(=O)O. The molecule has 1 N–H and O–H groups in total. The molecule has 1 atom stereocenters. The Labute approximate surface area is 188 Å². The highest BCUT2D eigenvalue weighted by Gasteiger charge is 2.33. The third-order valence-corrected chi connectivity index (χ3v) is 4.84. The van der Waals surface area contributed by atoms with Crippen LogP contribution in [0.15, 0.2) is 54.7 Å². The smallest absolute Gasteiger partial charge is 0.418 e. The van der Waals surface area contributed by atoms with Crippen molar-refractivity contribution in [3.8, 4) is 11.5 Å². The summed E-state index contributed by atoms with van der Waals surface area (Å²) in [6.45, 7) is 2.65. The van der Waals surface area contributed by atoms with Crippen molar-refractivity contribution in [3.63, 3.8) is 0 Å². The fraction of sp³-hybridized carbons (Fsp3) is 0.333. The van der Waals surface area contributed by atoms with E-state index in [4.69, 9.17) is 19.3 Å². The van der Waals surface area contributed by atoms with Crippen molar-refractivity contribution < 1.29 is 37.3 Å². The second-order valence-electron chi connectivity index (χ2n) is 7.19. The molecule has 0 aliphatic heterocycles. The second-order valence-corrected chi connectivity index (χ2v) is 7.19. The minimum atomic E-state index is -4.49. The van der Waals surface area contributed by atoms with Crippen LogP contribution in [0.1, 0.15) is 24.5 Å². The molecule has 0 aliphatic rings. The molecule has 9 heteroatoms. The molecule has 0 bridgehead atoms. The number of nitrogens with zero attached hydrogens (tertiary/aromatic N) is 1. The van der Waals surface area contributed by atoms with Gasteiger partial charge >= 0.3 is 12.1 Å². The van der Waals surface area contributed by atoms with E-state index in [9.17, 15) is 18.0 Å². The average Bonchev–Trinajstić information content (AvgIpc) is 2.78. The normalized spacial score (nSPS) is 12.5. The Morgan fingerprint density at radius 3 is 2.45 bits per heavy atom. The lowest BCUT2D eigenvalue weighted by Crippen LogP contribution is -2.26. The molecule has 2 aromatic carbocycles. The number of aliphatic carboxylic acids is 1. The third-order valence-electron chi connectivity index (χ3n) is 4.84. The number of carboxylic acid groups (broad SMARTS) is 1. The lowest BCUT2D eigenvalue weighted by Gasteiger charge is -2.13. The van der Waals surface area contributed by atoms with Crippen LogP contribution in [0.3, 0.4) is 0 Å². The van der Waals surface area contributed by atoms with Crippen LogP contribution in [0, 0.1) is 0 Å². The number of benzene rings is 2. The molecule has 6 nitrogen and oxygen atoms in total. The van der Waals surface area contributed by atoms with Gasteiger partial charge in [0.2, 0.25) is 0 Å². The topological polar surface area (TPSA) is 77.9 Å². The van der Waals surface area contributed by atoms with Crippen LogP contribution in [0.25, 0.3) is 10.9 Å². The summed E-state index contributed by atoms with van der Waals surface area (Å²) >= 11 is 0.